The summed E-state index contributed by atoms with van der Waals surface area (Å²) in [6.45, 7) is 6.11. The van der Waals surface area contributed by atoms with E-state index in [1.807, 2.05) is 32.0 Å². The minimum absolute atomic E-state index is 0.0825. The summed E-state index contributed by atoms with van der Waals surface area (Å²) in [5.74, 6) is 0.519. The Balaban J connectivity index is 2.16. The smallest absolute Gasteiger partial charge is 0.266 e. The molecule has 0 aliphatic heterocycles. The molecule has 0 spiro atoms. The summed E-state index contributed by atoms with van der Waals surface area (Å²) in [4.78, 5) is 18.2. The highest BCUT2D eigenvalue weighted by Gasteiger charge is 2.12. The number of pyridine rings is 1. The second-order valence-electron chi connectivity index (χ2n) is 4.24. The van der Waals surface area contributed by atoms with Crippen molar-refractivity contribution >= 4 is 23.1 Å². The standard InChI is InChI=1S/C14H16N2OS/c1-4-11-10(3)8-12(18-11)14(17)16-13-7-9(2)5-6-15-13/h5-8H,4H2,1-3H3,(H,15,16,17). The Bertz CT molecular complexity index is 575. The molecular formula is C14H16N2OS. The number of amides is 1. The number of anilines is 1. The number of carbonyl (C=O) groups excluding carboxylic acids is 1. The maximum atomic E-state index is 12.1. The third kappa shape index (κ3) is 2.76. The van der Waals surface area contributed by atoms with E-state index in [0.717, 1.165) is 16.9 Å². The van der Waals surface area contributed by atoms with Gasteiger partial charge in [0.25, 0.3) is 5.91 Å². The first-order chi connectivity index (χ1) is 8.60. The Morgan fingerprint density at radius 2 is 2.17 bits per heavy atom. The first-order valence-electron chi connectivity index (χ1n) is 5.93. The van der Waals surface area contributed by atoms with Crippen LogP contribution in [0, 0.1) is 13.8 Å². The summed E-state index contributed by atoms with van der Waals surface area (Å²) < 4.78 is 0. The van der Waals surface area contributed by atoms with Gasteiger partial charge in [0.05, 0.1) is 4.88 Å². The highest BCUT2D eigenvalue weighted by molar-refractivity contribution is 7.14. The van der Waals surface area contributed by atoms with Gasteiger partial charge in [-0.1, -0.05) is 6.92 Å². The Kier molecular flexibility index (Phi) is 3.77. The van der Waals surface area contributed by atoms with Crippen molar-refractivity contribution in [3.8, 4) is 0 Å². The van der Waals surface area contributed by atoms with Crippen LogP contribution in [-0.2, 0) is 6.42 Å². The molecule has 2 rings (SSSR count). The number of nitrogens with one attached hydrogen (secondary N) is 1. The Labute approximate surface area is 111 Å². The van der Waals surface area contributed by atoms with Gasteiger partial charge in [-0.25, -0.2) is 4.98 Å². The topological polar surface area (TPSA) is 42.0 Å². The van der Waals surface area contributed by atoms with Crippen molar-refractivity contribution in [2.45, 2.75) is 27.2 Å². The van der Waals surface area contributed by atoms with Crippen molar-refractivity contribution in [2.75, 3.05) is 5.32 Å². The van der Waals surface area contributed by atoms with Crippen LogP contribution in [-0.4, -0.2) is 10.9 Å². The number of rotatable bonds is 3. The normalized spacial score (nSPS) is 10.4. The maximum Gasteiger partial charge on any atom is 0.266 e. The molecule has 0 aliphatic rings. The minimum Gasteiger partial charge on any atom is -0.306 e. The fourth-order valence-electron chi connectivity index (χ4n) is 1.77. The summed E-state index contributed by atoms with van der Waals surface area (Å²) in [6, 6.07) is 5.70. The molecule has 2 aromatic heterocycles. The molecule has 2 heterocycles. The van der Waals surface area contributed by atoms with Crippen LogP contribution in [0.15, 0.2) is 24.4 Å². The van der Waals surface area contributed by atoms with E-state index in [9.17, 15) is 4.79 Å². The monoisotopic (exact) mass is 260 g/mol. The molecule has 0 aromatic carbocycles. The summed E-state index contributed by atoms with van der Waals surface area (Å²) in [5, 5.41) is 2.82. The van der Waals surface area contributed by atoms with Crippen molar-refractivity contribution < 1.29 is 4.79 Å². The van der Waals surface area contributed by atoms with Crippen molar-refractivity contribution in [1.82, 2.24) is 4.98 Å². The van der Waals surface area contributed by atoms with Gasteiger partial charge in [-0.2, -0.15) is 0 Å². The maximum absolute atomic E-state index is 12.1. The fourth-order valence-corrected chi connectivity index (χ4v) is 2.77. The van der Waals surface area contributed by atoms with E-state index < -0.39 is 0 Å². The molecular weight excluding hydrogens is 244 g/mol. The van der Waals surface area contributed by atoms with Crippen LogP contribution in [0.5, 0.6) is 0 Å². The number of hydrogen-bond acceptors (Lipinski definition) is 3. The Morgan fingerprint density at radius 3 is 2.78 bits per heavy atom. The van der Waals surface area contributed by atoms with E-state index in [0.29, 0.717) is 5.82 Å². The number of carbonyl (C=O) groups is 1. The lowest BCUT2D eigenvalue weighted by Crippen LogP contribution is -2.11. The number of thiophene rings is 1. The van der Waals surface area contributed by atoms with Crippen LogP contribution >= 0.6 is 11.3 Å². The fraction of sp³-hybridized carbons (Fsp3) is 0.286. The summed E-state index contributed by atoms with van der Waals surface area (Å²) in [6.07, 6.45) is 2.66. The van der Waals surface area contributed by atoms with Crippen LogP contribution in [0.1, 0.15) is 32.6 Å². The summed E-state index contributed by atoms with van der Waals surface area (Å²) in [7, 11) is 0. The molecule has 0 aliphatic carbocycles. The number of aromatic nitrogens is 1. The lowest BCUT2D eigenvalue weighted by atomic mass is 10.2. The third-order valence-corrected chi connectivity index (χ3v) is 4.10. The van der Waals surface area contributed by atoms with Gasteiger partial charge >= 0.3 is 0 Å². The SMILES string of the molecule is CCc1sc(C(=O)Nc2cc(C)ccn2)cc1C. The summed E-state index contributed by atoms with van der Waals surface area (Å²) in [5.41, 5.74) is 2.27. The van der Waals surface area contributed by atoms with Crippen molar-refractivity contribution in [2.24, 2.45) is 0 Å². The molecule has 4 heteroatoms. The average molecular weight is 260 g/mol. The van der Waals surface area contributed by atoms with Gasteiger partial charge in [0.1, 0.15) is 5.82 Å². The highest BCUT2D eigenvalue weighted by Crippen LogP contribution is 2.23. The minimum atomic E-state index is -0.0825. The molecule has 0 bridgehead atoms. The molecule has 0 unspecified atom stereocenters. The molecule has 18 heavy (non-hydrogen) atoms. The van der Waals surface area contributed by atoms with Gasteiger partial charge in [0.2, 0.25) is 0 Å². The first-order valence-corrected chi connectivity index (χ1v) is 6.75. The second-order valence-corrected chi connectivity index (χ2v) is 5.38. The van der Waals surface area contributed by atoms with Crippen LogP contribution in [0.2, 0.25) is 0 Å². The molecule has 2 aromatic rings. The van der Waals surface area contributed by atoms with E-state index in [1.54, 1.807) is 17.5 Å². The van der Waals surface area contributed by atoms with Crippen molar-refractivity contribution in [3.63, 3.8) is 0 Å². The van der Waals surface area contributed by atoms with Crippen LogP contribution in [0.3, 0.4) is 0 Å². The molecule has 0 saturated carbocycles. The van der Waals surface area contributed by atoms with E-state index in [1.165, 1.54) is 10.4 Å². The average Bonchev–Trinajstić information content (AvgIpc) is 2.70. The lowest BCUT2D eigenvalue weighted by molar-refractivity contribution is 0.103. The number of nitrogens with zero attached hydrogens (tertiary/aromatic N) is 1. The molecule has 94 valence electrons. The largest absolute Gasteiger partial charge is 0.306 e. The van der Waals surface area contributed by atoms with E-state index in [-0.39, 0.29) is 5.91 Å². The molecule has 1 amide bonds. The predicted octanol–water partition coefficient (Wildman–Crippen LogP) is 3.57. The van der Waals surface area contributed by atoms with Gasteiger partial charge in [0, 0.05) is 11.1 Å². The van der Waals surface area contributed by atoms with Crippen LogP contribution in [0.25, 0.3) is 0 Å². The molecule has 0 atom stereocenters. The third-order valence-electron chi connectivity index (χ3n) is 2.72. The molecule has 0 fully saturated rings. The van der Waals surface area contributed by atoms with E-state index >= 15 is 0 Å². The number of aryl methyl sites for hydroxylation is 3. The summed E-state index contributed by atoms with van der Waals surface area (Å²) >= 11 is 1.55. The molecule has 1 N–H and O–H groups in total. The van der Waals surface area contributed by atoms with E-state index in [2.05, 4.69) is 17.2 Å². The van der Waals surface area contributed by atoms with Crippen molar-refractivity contribution in [1.29, 1.82) is 0 Å². The molecule has 3 nitrogen and oxygen atoms in total. The lowest BCUT2D eigenvalue weighted by Gasteiger charge is -2.02. The Hall–Kier alpha value is -1.68. The second kappa shape index (κ2) is 5.31. The first kappa shape index (κ1) is 12.8. The highest BCUT2D eigenvalue weighted by atomic mass is 32.1. The van der Waals surface area contributed by atoms with Gasteiger partial charge in [-0.15, -0.1) is 11.3 Å². The quantitative estimate of drug-likeness (QED) is 0.916. The Morgan fingerprint density at radius 1 is 1.39 bits per heavy atom. The zero-order chi connectivity index (χ0) is 13.1. The van der Waals surface area contributed by atoms with Gasteiger partial charge in [0.15, 0.2) is 0 Å². The molecule has 0 saturated heterocycles. The van der Waals surface area contributed by atoms with Gasteiger partial charge in [-0.05, 0) is 49.6 Å². The zero-order valence-corrected chi connectivity index (χ0v) is 11.6. The van der Waals surface area contributed by atoms with Crippen LogP contribution in [0.4, 0.5) is 5.82 Å². The zero-order valence-electron chi connectivity index (χ0n) is 10.8. The van der Waals surface area contributed by atoms with Gasteiger partial charge in [-0.3, -0.25) is 4.79 Å². The van der Waals surface area contributed by atoms with Crippen LogP contribution < -0.4 is 5.32 Å². The van der Waals surface area contributed by atoms with E-state index in [4.69, 9.17) is 0 Å². The number of hydrogen-bond donors (Lipinski definition) is 1. The van der Waals surface area contributed by atoms with Crippen molar-refractivity contribution in [3.05, 3.63) is 45.3 Å². The predicted molar refractivity (Wildman–Crippen MR) is 75.4 cm³/mol. The molecule has 0 radical (unpaired) electrons. The van der Waals surface area contributed by atoms with Gasteiger partial charge < -0.3 is 5.32 Å².